The standard InChI is InChI=1S/C15H17N3S/c1-11(2)18(10-14-5-4-6-19-14)15-8-13(9-16)7-12(3)17-15/h4-8,11H,10H2,1-3H3. The fraction of sp³-hybridized carbons (Fsp3) is 0.333. The fourth-order valence-electron chi connectivity index (χ4n) is 1.96. The van der Waals surface area contributed by atoms with Gasteiger partial charge in [-0.25, -0.2) is 4.98 Å². The Kier molecular flexibility index (Phi) is 4.18. The van der Waals surface area contributed by atoms with Gasteiger partial charge in [-0.15, -0.1) is 11.3 Å². The Hall–Kier alpha value is -1.86. The molecule has 0 spiro atoms. The molecule has 0 aromatic carbocycles. The van der Waals surface area contributed by atoms with E-state index in [1.165, 1.54) is 4.88 Å². The number of nitrogens with zero attached hydrogens (tertiary/aromatic N) is 3. The van der Waals surface area contributed by atoms with E-state index in [0.29, 0.717) is 11.6 Å². The zero-order valence-corrected chi connectivity index (χ0v) is 12.2. The van der Waals surface area contributed by atoms with Gasteiger partial charge in [0.15, 0.2) is 0 Å². The van der Waals surface area contributed by atoms with E-state index >= 15 is 0 Å². The monoisotopic (exact) mass is 271 g/mol. The zero-order chi connectivity index (χ0) is 13.8. The molecule has 19 heavy (non-hydrogen) atoms. The van der Waals surface area contributed by atoms with Gasteiger partial charge in [-0.3, -0.25) is 0 Å². The molecule has 2 rings (SSSR count). The highest BCUT2D eigenvalue weighted by molar-refractivity contribution is 7.09. The first-order chi connectivity index (χ1) is 9.10. The van der Waals surface area contributed by atoms with Crippen LogP contribution in [0.4, 0.5) is 5.82 Å². The van der Waals surface area contributed by atoms with Gasteiger partial charge >= 0.3 is 0 Å². The predicted molar refractivity (Wildman–Crippen MR) is 79.3 cm³/mol. The van der Waals surface area contributed by atoms with Gasteiger partial charge < -0.3 is 4.90 Å². The first-order valence-corrected chi connectivity index (χ1v) is 7.16. The van der Waals surface area contributed by atoms with Crippen LogP contribution in [0.2, 0.25) is 0 Å². The lowest BCUT2D eigenvalue weighted by Crippen LogP contribution is -2.30. The molecule has 0 amide bonds. The van der Waals surface area contributed by atoms with Crippen molar-refractivity contribution in [1.29, 1.82) is 5.26 Å². The minimum atomic E-state index is 0.336. The summed E-state index contributed by atoms with van der Waals surface area (Å²) < 4.78 is 0. The summed E-state index contributed by atoms with van der Waals surface area (Å²) >= 11 is 1.74. The van der Waals surface area contributed by atoms with E-state index in [9.17, 15) is 0 Å². The van der Waals surface area contributed by atoms with Crippen LogP contribution < -0.4 is 4.90 Å². The summed E-state index contributed by atoms with van der Waals surface area (Å²) in [4.78, 5) is 8.09. The van der Waals surface area contributed by atoms with E-state index < -0.39 is 0 Å². The predicted octanol–water partition coefficient (Wildman–Crippen LogP) is 3.74. The molecule has 0 N–H and O–H groups in total. The van der Waals surface area contributed by atoms with E-state index in [-0.39, 0.29) is 0 Å². The molecule has 2 heterocycles. The van der Waals surface area contributed by atoms with Crippen molar-refractivity contribution in [2.45, 2.75) is 33.4 Å². The summed E-state index contributed by atoms with van der Waals surface area (Å²) in [5.74, 6) is 0.875. The van der Waals surface area contributed by atoms with Crippen molar-refractivity contribution in [3.05, 3.63) is 45.8 Å². The molecular weight excluding hydrogens is 254 g/mol. The second-order valence-electron chi connectivity index (χ2n) is 4.77. The van der Waals surface area contributed by atoms with Crippen LogP contribution in [0.3, 0.4) is 0 Å². The van der Waals surface area contributed by atoms with Gasteiger partial charge in [0.05, 0.1) is 18.2 Å². The number of pyridine rings is 1. The van der Waals surface area contributed by atoms with Crippen LogP contribution >= 0.6 is 11.3 Å². The van der Waals surface area contributed by atoms with Crippen LogP contribution in [0.5, 0.6) is 0 Å². The lowest BCUT2D eigenvalue weighted by atomic mass is 10.2. The third-order valence-electron chi connectivity index (χ3n) is 2.89. The first kappa shape index (κ1) is 13.6. The van der Waals surface area contributed by atoms with Crippen LogP contribution in [0, 0.1) is 18.3 Å². The minimum absolute atomic E-state index is 0.336. The quantitative estimate of drug-likeness (QED) is 0.850. The third kappa shape index (κ3) is 3.33. The van der Waals surface area contributed by atoms with Crippen molar-refractivity contribution in [2.75, 3.05) is 4.90 Å². The molecule has 2 aromatic rings. The average Bonchev–Trinajstić information content (AvgIpc) is 2.87. The van der Waals surface area contributed by atoms with Crippen molar-refractivity contribution >= 4 is 17.2 Å². The topological polar surface area (TPSA) is 39.9 Å². The molecule has 0 aliphatic carbocycles. The Morgan fingerprint density at radius 2 is 2.21 bits per heavy atom. The number of hydrogen-bond acceptors (Lipinski definition) is 4. The lowest BCUT2D eigenvalue weighted by Gasteiger charge is -2.27. The average molecular weight is 271 g/mol. The van der Waals surface area contributed by atoms with Crippen LogP contribution in [0.1, 0.15) is 30.0 Å². The zero-order valence-electron chi connectivity index (χ0n) is 11.4. The molecular formula is C15H17N3S. The summed E-state index contributed by atoms with van der Waals surface area (Å²) in [6.07, 6.45) is 0. The Morgan fingerprint density at radius 3 is 2.79 bits per heavy atom. The number of thiophene rings is 1. The largest absolute Gasteiger partial charge is 0.349 e. The molecule has 0 aliphatic rings. The number of nitriles is 1. The van der Waals surface area contributed by atoms with Crippen LogP contribution in [0.25, 0.3) is 0 Å². The summed E-state index contributed by atoms with van der Waals surface area (Å²) in [7, 11) is 0. The Balaban J connectivity index is 2.34. The van der Waals surface area contributed by atoms with Gasteiger partial charge in [0.1, 0.15) is 5.82 Å². The molecule has 0 aliphatic heterocycles. The molecule has 0 bridgehead atoms. The van der Waals surface area contributed by atoms with E-state index in [4.69, 9.17) is 5.26 Å². The van der Waals surface area contributed by atoms with E-state index in [1.54, 1.807) is 11.3 Å². The van der Waals surface area contributed by atoms with Gasteiger partial charge in [-0.1, -0.05) is 6.07 Å². The SMILES string of the molecule is Cc1cc(C#N)cc(N(Cc2cccs2)C(C)C)n1. The van der Waals surface area contributed by atoms with Gasteiger partial charge in [0.25, 0.3) is 0 Å². The number of aryl methyl sites for hydroxylation is 1. The normalized spacial score (nSPS) is 10.5. The van der Waals surface area contributed by atoms with Crippen LogP contribution in [-0.4, -0.2) is 11.0 Å². The Labute approximate surface area is 118 Å². The highest BCUT2D eigenvalue weighted by atomic mass is 32.1. The fourth-order valence-corrected chi connectivity index (χ4v) is 2.66. The highest BCUT2D eigenvalue weighted by Gasteiger charge is 2.14. The van der Waals surface area contributed by atoms with Gasteiger partial charge in [0.2, 0.25) is 0 Å². The van der Waals surface area contributed by atoms with E-state index in [0.717, 1.165) is 18.1 Å². The smallest absolute Gasteiger partial charge is 0.130 e. The van der Waals surface area contributed by atoms with Crippen LogP contribution in [-0.2, 0) is 6.54 Å². The van der Waals surface area contributed by atoms with E-state index in [1.807, 2.05) is 19.1 Å². The molecule has 0 fully saturated rings. The number of aromatic nitrogens is 1. The summed E-state index contributed by atoms with van der Waals surface area (Å²) in [6.45, 7) is 7.04. The molecule has 0 saturated carbocycles. The maximum atomic E-state index is 9.07. The van der Waals surface area contributed by atoms with Gasteiger partial charge in [0, 0.05) is 16.6 Å². The Bertz CT molecular complexity index is 582. The summed E-state index contributed by atoms with van der Waals surface area (Å²) in [5.41, 5.74) is 1.55. The van der Waals surface area contributed by atoms with Crippen LogP contribution in [0.15, 0.2) is 29.6 Å². The van der Waals surface area contributed by atoms with Crippen molar-refractivity contribution in [3.63, 3.8) is 0 Å². The third-order valence-corrected chi connectivity index (χ3v) is 3.75. The highest BCUT2D eigenvalue weighted by Crippen LogP contribution is 2.21. The van der Waals surface area contributed by atoms with Gasteiger partial charge in [-0.05, 0) is 44.4 Å². The van der Waals surface area contributed by atoms with Gasteiger partial charge in [-0.2, -0.15) is 5.26 Å². The van der Waals surface area contributed by atoms with Crippen molar-refractivity contribution in [3.8, 4) is 6.07 Å². The first-order valence-electron chi connectivity index (χ1n) is 6.28. The number of hydrogen-bond donors (Lipinski definition) is 0. The Morgan fingerprint density at radius 1 is 1.42 bits per heavy atom. The lowest BCUT2D eigenvalue weighted by molar-refractivity contribution is 0.676. The second kappa shape index (κ2) is 5.85. The summed E-state index contributed by atoms with van der Waals surface area (Å²) in [6, 6.07) is 10.4. The number of anilines is 1. The molecule has 0 atom stereocenters. The molecule has 4 heteroatoms. The molecule has 0 saturated heterocycles. The molecule has 0 unspecified atom stereocenters. The molecule has 0 radical (unpaired) electrons. The molecule has 2 aromatic heterocycles. The van der Waals surface area contributed by atoms with Crippen molar-refractivity contribution in [2.24, 2.45) is 0 Å². The summed E-state index contributed by atoms with van der Waals surface area (Å²) in [5, 5.41) is 11.2. The molecule has 3 nitrogen and oxygen atoms in total. The van der Waals surface area contributed by atoms with Crippen molar-refractivity contribution in [1.82, 2.24) is 4.98 Å². The van der Waals surface area contributed by atoms with Crippen molar-refractivity contribution < 1.29 is 0 Å². The maximum absolute atomic E-state index is 9.07. The van der Waals surface area contributed by atoms with E-state index in [2.05, 4.69) is 47.3 Å². The minimum Gasteiger partial charge on any atom is -0.349 e. The second-order valence-corrected chi connectivity index (χ2v) is 5.80. The number of rotatable bonds is 4. The molecule has 98 valence electrons. The maximum Gasteiger partial charge on any atom is 0.130 e.